The Morgan fingerprint density at radius 1 is 1.54 bits per heavy atom. The zero-order valence-corrected chi connectivity index (χ0v) is 8.87. The Labute approximate surface area is 84.3 Å². The van der Waals surface area contributed by atoms with Crippen molar-refractivity contribution < 1.29 is 9.90 Å². The number of carboxylic acid groups (broad SMARTS) is 1. The van der Waals surface area contributed by atoms with Crippen LogP contribution in [-0.2, 0) is 0 Å². The van der Waals surface area contributed by atoms with Crippen LogP contribution in [0.1, 0.15) is 10.5 Å². The molecular weight excluding hydrogens is 236 g/mol. The van der Waals surface area contributed by atoms with Gasteiger partial charge in [-0.25, -0.2) is 9.78 Å². The molecule has 0 spiro atoms. The number of rotatable bonds is 2. The Balaban J connectivity index is 3.27. The summed E-state index contributed by atoms with van der Waals surface area (Å²) in [6, 6.07) is 3.42. The highest BCUT2D eigenvalue weighted by Crippen LogP contribution is 2.19. The highest BCUT2D eigenvalue weighted by molar-refractivity contribution is 9.10. The van der Waals surface area contributed by atoms with Crippen LogP contribution >= 0.6 is 15.9 Å². The van der Waals surface area contributed by atoms with Gasteiger partial charge in [0, 0.05) is 14.1 Å². The van der Waals surface area contributed by atoms with E-state index in [1.807, 2.05) is 0 Å². The number of carboxylic acids is 1. The van der Waals surface area contributed by atoms with E-state index in [1.165, 1.54) is 0 Å². The van der Waals surface area contributed by atoms with Gasteiger partial charge >= 0.3 is 5.97 Å². The van der Waals surface area contributed by atoms with E-state index >= 15 is 0 Å². The molecule has 0 aliphatic rings. The average Bonchev–Trinajstić information content (AvgIpc) is 2.03. The zero-order valence-electron chi connectivity index (χ0n) is 7.28. The summed E-state index contributed by atoms with van der Waals surface area (Å²) in [5.41, 5.74) is 0.648. The molecule has 1 aromatic heterocycles. The number of nitrogens with zero attached hydrogens (tertiary/aromatic N) is 2. The molecule has 0 aliphatic heterocycles. The second kappa shape index (κ2) is 3.74. The molecule has 70 valence electrons. The van der Waals surface area contributed by atoms with Crippen molar-refractivity contribution in [2.45, 2.75) is 0 Å². The Morgan fingerprint density at radius 3 is 2.62 bits per heavy atom. The summed E-state index contributed by atoms with van der Waals surface area (Å²) in [6.45, 7) is 0. The van der Waals surface area contributed by atoms with E-state index in [9.17, 15) is 4.79 Å². The number of aromatic nitrogens is 1. The van der Waals surface area contributed by atoms with Crippen LogP contribution in [0.25, 0.3) is 0 Å². The summed E-state index contributed by atoms with van der Waals surface area (Å²) in [6.07, 6.45) is 0. The fourth-order valence-electron chi connectivity index (χ4n) is 0.946. The lowest BCUT2D eigenvalue weighted by molar-refractivity contribution is 0.0691. The quantitative estimate of drug-likeness (QED) is 0.804. The van der Waals surface area contributed by atoms with Crippen molar-refractivity contribution >= 4 is 27.6 Å². The number of pyridine rings is 1. The summed E-state index contributed by atoms with van der Waals surface area (Å²) in [5, 5.41) is 8.83. The van der Waals surface area contributed by atoms with E-state index in [1.54, 1.807) is 31.1 Å². The SMILES string of the molecule is CN(C)c1ccc(Br)nc1C(=O)O. The van der Waals surface area contributed by atoms with E-state index in [-0.39, 0.29) is 5.69 Å². The number of aromatic carboxylic acids is 1. The fraction of sp³-hybridized carbons (Fsp3) is 0.250. The molecule has 1 rings (SSSR count). The molecule has 0 saturated heterocycles. The van der Waals surface area contributed by atoms with Gasteiger partial charge in [0.25, 0.3) is 0 Å². The second-order valence-electron chi connectivity index (χ2n) is 2.70. The minimum Gasteiger partial charge on any atom is -0.476 e. The van der Waals surface area contributed by atoms with Crippen molar-refractivity contribution in [3.63, 3.8) is 0 Å². The first kappa shape index (κ1) is 9.98. The first-order chi connectivity index (χ1) is 6.02. The number of anilines is 1. The monoisotopic (exact) mass is 244 g/mol. The van der Waals surface area contributed by atoms with Crippen LogP contribution in [0.5, 0.6) is 0 Å². The maximum Gasteiger partial charge on any atom is 0.356 e. The minimum absolute atomic E-state index is 0.0550. The Kier molecular flexibility index (Phi) is 2.87. The summed E-state index contributed by atoms with van der Waals surface area (Å²) >= 11 is 3.12. The summed E-state index contributed by atoms with van der Waals surface area (Å²) < 4.78 is 0.524. The van der Waals surface area contributed by atoms with Crippen LogP contribution in [0, 0.1) is 0 Å². The molecule has 0 fully saturated rings. The molecule has 0 aromatic carbocycles. The van der Waals surface area contributed by atoms with Crippen LogP contribution in [0.2, 0.25) is 0 Å². The molecule has 5 heteroatoms. The second-order valence-corrected chi connectivity index (χ2v) is 3.51. The van der Waals surface area contributed by atoms with E-state index in [4.69, 9.17) is 5.11 Å². The normalized spacial score (nSPS) is 9.77. The van der Waals surface area contributed by atoms with Crippen molar-refractivity contribution in [1.82, 2.24) is 4.98 Å². The number of halogens is 1. The summed E-state index contributed by atoms with van der Waals surface area (Å²) in [4.78, 5) is 16.3. The largest absolute Gasteiger partial charge is 0.476 e. The third-order valence-electron chi connectivity index (χ3n) is 1.52. The molecular formula is C8H9BrN2O2. The first-order valence-electron chi connectivity index (χ1n) is 3.59. The number of hydrogen-bond donors (Lipinski definition) is 1. The van der Waals surface area contributed by atoms with Crippen LogP contribution in [0.15, 0.2) is 16.7 Å². The Bertz CT molecular complexity index is 339. The van der Waals surface area contributed by atoms with E-state index in [0.717, 1.165) is 0 Å². The van der Waals surface area contributed by atoms with Crippen LogP contribution in [-0.4, -0.2) is 30.2 Å². The molecule has 1 heterocycles. The molecule has 0 aliphatic carbocycles. The summed E-state index contributed by atoms with van der Waals surface area (Å²) in [5.74, 6) is -1.02. The maximum atomic E-state index is 10.8. The van der Waals surface area contributed by atoms with E-state index in [2.05, 4.69) is 20.9 Å². The van der Waals surface area contributed by atoms with Gasteiger partial charge in [-0.2, -0.15) is 0 Å². The van der Waals surface area contributed by atoms with Gasteiger partial charge in [0.15, 0.2) is 5.69 Å². The molecule has 1 N–H and O–H groups in total. The third kappa shape index (κ3) is 2.18. The zero-order chi connectivity index (χ0) is 10.0. The van der Waals surface area contributed by atoms with Gasteiger partial charge in [0.05, 0.1) is 5.69 Å². The first-order valence-corrected chi connectivity index (χ1v) is 4.39. The smallest absolute Gasteiger partial charge is 0.356 e. The van der Waals surface area contributed by atoms with Crippen LogP contribution < -0.4 is 4.90 Å². The van der Waals surface area contributed by atoms with Crippen molar-refractivity contribution in [3.8, 4) is 0 Å². The minimum atomic E-state index is -1.02. The van der Waals surface area contributed by atoms with Crippen LogP contribution in [0.3, 0.4) is 0 Å². The fourth-order valence-corrected chi connectivity index (χ4v) is 1.26. The number of carbonyl (C=O) groups is 1. The molecule has 0 bridgehead atoms. The Hall–Kier alpha value is -1.10. The highest BCUT2D eigenvalue weighted by Gasteiger charge is 2.13. The Morgan fingerprint density at radius 2 is 2.15 bits per heavy atom. The lowest BCUT2D eigenvalue weighted by Crippen LogP contribution is -2.15. The van der Waals surface area contributed by atoms with Gasteiger partial charge < -0.3 is 10.0 Å². The van der Waals surface area contributed by atoms with Gasteiger partial charge in [0.1, 0.15) is 4.60 Å². The van der Waals surface area contributed by atoms with Gasteiger partial charge in [-0.15, -0.1) is 0 Å². The van der Waals surface area contributed by atoms with Crippen molar-refractivity contribution in [3.05, 3.63) is 22.4 Å². The highest BCUT2D eigenvalue weighted by atomic mass is 79.9. The predicted octanol–water partition coefficient (Wildman–Crippen LogP) is 1.61. The third-order valence-corrected chi connectivity index (χ3v) is 1.97. The van der Waals surface area contributed by atoms with E-state index < -0.39 is 5.97 Å². The molecule has 0 unspecified atom stereocenters. The lowest BCUT2D eigenvalue weighted by atomic mass is 10.3. The van der Waals surface area contributed by atoms with Crippen molar-refractivity contribution in [1.29, 1.82) is 0 Å². The molecule has 0 amide bonds. The van der Waals surface area contributed by atoms with E-state index in [0.29, 0.717) is 10.3 Å². The van der Waals surface area contributed by atoms with Crippen molar-refractivity contribution in [2.24, 2.45) is 0 Å². The predicted molar refractivity (Wildman–Crippen MR) is 53.2 cm³/mol. The molecule has 0 saturated carbocycles. The lowest BCUT2D eigenvalue weighted by Gasteiger charge is -2.14. The molecule has 13 heavy (non-hydrogen) atoms. The van der Waals surface area contributed by atoms with Crippen molar-refractivity contribution in [2.75, 3.05) is 19.0 Å². The standard InChI is InChI=1S/C8H9BrN2O2/c1-11(2)5-3-4-6(9)10-7(5)8(12)13/h3-4H,1-2H3,(H,12,13). The van der Waals surface area contributed by atoms with Gasteiger partial charge in [0.2, 0.25) is 0 Å². The van der Waals surface area contributed by atoms with Crippen LogP contribution in [0.4, 0.5) is 5.69 Å². The topological polar surface area (TPSA) is 53.4 Å². The van der Waals surface area contributed by atoms with Gasteiger partial charge in [-0.05, 0) is 28.1 Å². The van der Waals surface area contributed by atoms with Gasteiger partial charge in [-0.3, -0.25) is 0 Å². The van der Waals surface area contributed by atoms with Gasteiger partial charge in [-0.1, -0.05) is 0 Å². The molecule has 4 nitrogen and oxygen atoms in total. The number of hydrogen-bond acceptors (Lipinski definition) is 3. The molecule has 0 radical (unpaired) electrons. The average molecular weight is 245 g/mol. The maximum absolute atomic E-state index is 10.8. The molecule has 1 aromatic rings. The summed E-state index contributed by atoms with van der Waals surface area (Å²) in [7, 11) is 3.55. The molecule has 0 atom stereocenters.